The lowest BCUT2D eigenvalue weighted by molar-refractivity contribution is -0.208. The normalized spacial score (nSPS) is 12.6. The van der Waals surface area contributed by atoms with Crippen molar-refractivity contribution in [2.24, 2.45) is 0 Å². The molecule has 0 aromatic heterocycles. The lowest BCUT2D eigenvalue weighted by atomic mass is 10.0. The molecule has 0 fully saturated rings. The Bertz CT molecular complexity index is 694. The number of benzene rings is 2. The third-order valence-corrected chi connectivity index (χ3v) is 3.52. The van der Waals surface area contributed by atoms with E-state index in [1.54, 1.807) is 24.3 Å². The van der Waals surface area contributed by atoms with Gasteiger partial charge in [0.15, 0.2) is 6.10 Å². The summed E-state index contributed by atoms with van der Waals surface area (Å²) in [6, 6.07) is 12.4. The zero-order valence-electron chi connectivity index (χ0n) is 13.4. The fraction of sp³-hybridized carbons (Fsp3) is 0.278. The Morgan fingerprint density at radius 1 is 1.04 bits per heavy atom. The van der Waals surface area contributed by atoms with Crippen LogP contribution in [0.2, 0.25) is 0 Å². The minimum atomic E-state index is -4.65. The van der Waals surface area contributed by atoms with E-state index in [0.29, 0.717) is 0 Å². The molecule has 0 bridgehead atoms. The Morgan fingerprint density at radius 3 is 2.04 bits per heavy atom. The van der Waals surface area contributed by atoms with Gasteiger partial charge in [-0.1, -0.05) is 24.3 Å². The molecule has 0 spiro atoms. The van der Waals surface area contributed by atoms with Gasteiger partial charge in [-0.25, -0.2) is 4.79 Å². The molecule has 134 valence electrons. The smallest absolute Gasteiger partial charge is 0.425 e. The second kappa shape index (κ2) is 8.02. The molecule has 1 N–H and O–H groups in total. The van der Waals surface area contributed by atoms with Crippen LogP contribution in [-0.4, -0.2) is 37.1 Å². The number of hydrogen-bond acceptors (Lipinski definition) is 4. The molecular weight excluding hydrogens is 337 g/mol. The van der Waals surface area contributed by atoms with Gasteiger partial charge in [-0.3, -0.25) is 0 Å². The quantitative estimate of drug-likeness (QED) is 0.791. The largest absolute Gasteiger partial charge is 0.508 e. The fourth-order valence-corrected chi connectivity index (χ4v) is 2.16. The minimum absolute atomic E-state index is 0.0224. The molecule has 0 saturated carbocycles. The maximum atomic E-state index is 12.9. The van der Waals surface area contributed by atoms with E-state index in [-0.39, 0.29) is 17.9 Å². The molecular formula is C18H17F3O4. The third-order valence-electron chi connectivity index (χ3n) is 3.52. The van der Waals surface area contributed by atoms with Crippen molar-refractivity contribution in [1.82, 2.24) is 0 Å². The van der Waals surface area contributed by atoms with E-state index in [1.807, 2.05) is 0 Å². The van der Waals surface area contributed by atoms with Crippen molar-refractivity contribution in [1.29, 1.82) is 0 Å². The lowest BCUT2D eigenvalue weighted by Crippen LogP contribution is -2.34. The van der Waals surface area contributed by atoms with E-state index >= 15 is 0 Å². The Morgan fingerprint density at radius 2 is 1.56 bits per heavy atom. The average Bonchev–Trinajstić information content (AvgIpc) is 2.58. The summed E-state index contributed by atoms with van der Waals surface area (Å²) < 4.78 is 47.9. The van der Waals surface area contributed by atoms with Crippen LogP contribution in [-0.2, 0) is 9.47 Å². The summed E-state index contributed by atoms with van der Waals surface area (Å²) in [5.74, 6) is -0.922. The number of ether oxygens (including phenoxy) is 2. The van der Waals surface area contributed by atoms with Crippen molar-refractivity contribution in [2.75, 3.05) is 13.7 Å². The second-order valence-corrected chi connectivity index (χ2v) is 5.34. The molecule has 25 heavy (non-hydrogen) atoms. The van der Waals surface area contributed by atoms with Crippen molar-refractivity contribution in [2.45, 2.75) is 18.7 Å². The highest BCUT2D eigenvalue weighted by molar-refractivity contribution is 5.90. The van der Waals surface area contributed by atoms with Gasteiger partial charge in [0.2, 0.25) is 0 Å². The van der Waals surface area contributed by atoms with E-state index in [9.17, 15) is 23.1 Å². The summed E-state index contributed by atoms with van der Waals surface area (Å²) >= 11 is 0. The summed E-state index contributed by atoms with van der Waals surface area (Å²) in [5, 5.41) is 9.27. The van der Waals surface area contributed by atoms with Gasteiger partial charge in [-0.05, 0) is 35.4 Å². The number of aromatic hydroxyl groups is 1. The highest BCUT2D eigenvalue weighted by Gasteiger charge is 2.42. The maximum Gasteiger partial charge on any atom is 0.425 e. The van der Waals surface area contributed by atoms with Gasteiger partial charge in [0, 0.05) is 13.5 Å². The van der Waals surface area contributed by atoms with E-state index in [2.05, 4.69) is 9.47 Å². The monoisotopic (exact) mass is 354 g/mol. The molecule has 0 aliphatic rings. The first-order valence-electron chi connectivity index (χ1n) is 7.47. The van der Waals surface area contributed by atoms with E-state index in [4.69, 9.17) is 0 Å². The van der Waals surface area contributed by atoms with Crippen LogP contribution in [0.4, 0.5) is 13.2 Å². The number of esters is 1. The molecule has 2 rings (SSSR count). The highest BCUT2D eigenvalue weighted by atomic mass is 19.4. The molecule has 0 heterocycles. The highest BCUT2D eigenvalue weighted by Crippen LogP contribution is 2.27. The van der Waals surface area contributed by atoms with Gasteiger partial charge < -0.3 is 14.6 Å². The van der Waals surface area contributed by atoms with Crippen molar-refractivity contribution in [3.05, 3.63) is 54.1 Å². The Balaban J connectivity index is 2.10. The number of phenols is 1. The van der Waals surface area contributed by atoms with Gasteiger partial charge in [-0.2, -0.15) is 13.2 Å². The fourth-order valence-electron chi connectivity index (χ4n) is 2.16. The van der Waals surface area contributed by atoms with Crippen molar-refractivity contribution >= 4 is 5.97 Å². The van der Waals surface area contributed by atoms with Crippen LogP contribution in [0, 0.1) is 0 Å². The molecule has 0 aliphatic carbocycles. The molecule has 0 radical (unpaired) electrons. The van der Waals surface area contributed by atoms with Gasteiger partial charge in [0.05, 0.1) is 12.2 Å². The summed E-state index contributed by atoms with van der Waals surface area (Å²) in [6.07, 6.45) is -7.32. The van der Waals surface area contributed by atoms with Gasteiger partial charge >= 0.3 is 12.1 Å². The molecule has 0 amide bonds. The Hall–Kier alpha value is -2.54. The first-order valence-corrected chi connectivity index (χ1v) is 7.47. The van der Waals surface area contributed by atoms with Crippen LogP contribution in [0.3, 0.4) is 0 Å². The molecule has 2 aromatic carbocycles. The second-order valence-electron chi connectivity index (χ2n) is 5.34. The van der Waals surface area contributed by atoms with Crippen LogP contribution in [0.1, 0.15) is 16.8 Å². The van der Waals surface area contributed by atoms with E-state index in [1.165, 1.54) is 31.4 Å². The predicted octanol–water partition coefficient (Wildman–Crippen LogP) is 4.18. The van der Waals surface area contributed by atoms with Crippen LogP contribution in [0.5, 0.6) is 5.75 Å². The van der Waals surface area contributed by atoms with E-state index in [0.717, 1.165) is 11.1 Å². The van der Waals surface area contributed by atoms with Crippen LogP contribution in [0.25, 0.3) is 11.1 Å². The van der Waals surface area contributed by atoms with Gasteiger partial charge in [0.1, 0.15) is 5.75 Å². The van der Waals surface area contributed by atoms with Crippen LogP contribution >= 0.6 is 0 Å². The zero-order valence-corrected chi connectivity index (χ0v) is 13.4. The topological polar surface area (TPSA) is 55.8 Å². The summed E-state index contributed by atoms with van der Waals surface area (Å²) in [7, 11) is 1.28. The molecule has 0 aliphatic heterocycles. The maximum absolute atomic E-state index is 12.9. The van der Waals surface area contributed by atoms with Crippen molar-refractivity contribution < 1.29 is 32.5 Å². The number of phenolic OH excluding ortho intramolecular Hbond substituents is 1. The first kappa shape index (κ1) is 18.8. The molecule has 1 atom stereocenters. The number of carbonyl (C=O) groups is 1. The average molecular weight is 354 g/mol. The van der Waals surface area contributed by atoms with E-state index < -0.39 is 24.7 Å². The Labute approximate surface area is 142 Å². The standard InChI is InChI=1S/C18H17F3O4/c1-24-11-10-16(18(19,20)21)25-17(23)14-4-2-12(3-5-14)13-6-8-15(22)9-7-13/h2-9,16,22H,10-11H2,1H3. The Kier molecular flexibility index (Phi) is 6.03. The van der Waals surface area contributed by atoms with Crippen molar-refractivity contribution in [3.8, 4) is 16.9 Å². The summed E-state index contributed by atoms with van der Waals surface area (Å²) in [6.45, 7) is -0.169. The molecule has 0 saturated heterocycles. The molecule has 4 nitrogen and oxygen atoms in total. The van der Waals surface area contributed by atoms with Crippen molar-refractivity contribution in [3.63, 3.8) is 0 Å². The van der Waals surface area contributed by atoms with Gasteiger partial charge in [0.25, 0.3) is 0 Å². The SMILES string of the molecule is COCCC(OC(=O)c1ccc(-c2ccc(O)cc2)cc1)C(F)(F)F. The first-order chi connectivity index (χ1) is 11.8. The van der Waals surface area contributed by atoms with Gasteiger partial charge in [-0.15, -0.1) is 0 Å². The number of alkyl halides is 3. The number of rotatable bonds is 6. The van der Waals surface area contributed by atoms with Crippen LogP contribution in [0.15, 0.2) is 48.5 Å². The number of methoxy groups -OCH3 is 1. The number of halogens is 3. The number of hydrogen-bond donors (Lipinski definition) is 1. The lowest BCUT2D eigenvalue weighted by Gasteiger charge is -2.20. The number of carbonyl (C=O) groups excluding carboxylic acids is 1. The van der Waals surface area contributed by atoms with Crippen LogP contribution < -0.4 is 0 Å². The minimum Gasteiger partial charge on any atom is -0.508 e. The molecule has 1 unspecified atom stereocenters. The molecule has 2 aromatic rings. The summed E-state index contributed by atoms with van der Waals surface area (Å²) in [5.41, 5.74) is 1.57. The predicted molar refractivity (Wildman–Crippen MR) is 85.3 cm³/mol. The molecule has 7 heteroatoms. The zero-order chi connectivity index (χ0) is 18.4. The summed E-state index contributed by atoms with van der Waals surface area (Å²) in [4.78, 5) is 12.0. The third kappa shape index (κ3) is 5.22.